The molecule has 3 rings (SSSR count). The molecule has 1 unspecified atom stereocenters. The summed E-state index contributed by atoms with van der Waals surface area (Å²) < 4.78 is 0. The number of rotatable bonds is 5. The molecule has 0 aromatic carbocycles. The summed E-state index contributed by atoms with van der Waals surface area (Å²) in [6, 6.07) is 2.94. The molecule has 2 aliphatic rings. The highest BCUT2D eigenvalue weighted by Gasteiger charge is 2.29. The molecule has 1 N–H and O–H groups in total. The second-order valence-electron chi connectivity index (χ2n) is 5.92. The molecular weight excluding hydrogens is 248 g/mol. The minimum absolute atomic E-state index is 0.762. The van der Waals surface area contributed by atoms with Crippen molar-refractivity contribution in [3.05, 3.63) is 24.0 Å². The molecule has 3 heterocycles. The number of hydrogen-bond donors (Lipinski definition) is 1. The SMILES string of the molecule is CCNCc1cnccc1N1CCC(N2CCCC2)C1. The van der Waals surface area contributed by atoms with Gasteiger partial charge in [-0.05, 0) is 45.0 Å². The van der Waals surface area contributed by atoms with Crippen LogP contribution in [0, 0.1) is 0 Å². The molecular formula is C16H26N4. The van der Waals surface area contributed by atoms with Gasteiger partial charge in [-0.2, -0.15) is 0 Å². The highest BCUT2D eigenvalue weighted by atomic mass is 15.3. The van der Waals surface area contributed by atoms with Crippen molar-refractivity contribution in [3.8, 4) is 0 Å². The van der Waals surface area contributed by atoms with Gasteiger partial charge in [0.1, 0.15) is 0 Å². The largest absolute Gasteiger partial charge is 0.370 e. The van der Waals surface area contributed by atoms with Gasteiger partial charge in [0, 0.05) is 49.3 Å². The first-order valence-electron chi connectivity index (χ1n) is 8.01. The molecule has 2 fully saturated rings. The predicted octanol–water partition coefficient (Wildman–Crippen LogP) is 1.87. The van der Waals surface area contributed by atoms with Crippen LogP contribution in [0.15, 0.2) is 18.5 Å². The lowest BCUT2D eigenvalue weighted by Crippen LogP contribution is -2.35. The Bertz CT molecular complexity index is 428. The third kappa shape index (κ3) is 2.96. The van der Waals surface area contributed by atoms with Crippen molar-refractivity contribution in [3.63, 3.8) is 0 Å². The Kier molecular flexibility index (Phi) is 4.53. The van der Waals surface area contributed by atoms with Gasteiger partial charge in [-0.3, -0.25) is 9.88 Å². The van der Waals surface area contributed by atoms with Crippen LogP contribution in [-0.4, -0.2) is 48.6 Å². The van der Waals surface area contributed by atoms with Gasteiger partial charge in [0.15, 0.2) is 0 Å². The molecule has 0 saturated carbocycles. The fourth-order valence-corrected chi connectivity index (χ4v) is 3.49. The standard InChI is InChI=1S/C16H26N4/c1-2-17-11-14-12-18-7-5-16(14)20-10-6-15(13-20)19-8-3-4-9-19/h5,7,12,15,17H,2-4,6,8-11,13H2,1H3. The minimum Gasteiger partial charge on any atom is -0.370 e. The van der Waals surface area contributed by atoms with E-state index in [0.717, 1.165) is 19.1 Å². The second-order valence-corrected chi connectivity index (χ2v) is 5.92. The van der Waals surface area contributed by atoms with E-state index in [4.69, 9.17) is 0 Å². The topological polar surface area (TPSA) is 31.4 Å². The highest BCUT2D eigenvalue weighted by Crippen LogP contribution is 2.27. The monoisotopic (exact) mass is 274 g/mol. The molecule has 1 aromatic heterocycles. The lowest BCUT2D eigenvalue weighted by Gasteiger charge is -2.25. The van der Waals surface area contributed by atoms with Gasteiger partial charge < -0.3 is 10.2 Å². The van der Waals surface area contributed by atoms with E-state index in [1.165, 1.54) is 56.7 Å². The van der Waals surface area contributed by atoms with Crippen LogP contribution >= 0.6 is 0 Å². The Morgan fingerprint density at radius 1 is 1.30 bits per heavy atom. The first kappa shape index (κ1) is 13.8. The summed E-state index contributed by atoms with van der Waals surface area (Å²) in [7, 11) is 0. The number of likely N-dealkylation sites (tertiary alicyclic amines) is 1. The maximum atomic E-state index is 4.29. The van der Waals surface area contributed by atoms with Gasteiger partial charge in [0.25, 0.3) is 0 Å². The zero-order valence-corrected chi connectivity index (χ0v) is 12.5. The van der Waals surface area contributed by atoms with Crippen molar-refractivity contribution in [2.45, 2.75) is 38.8 Å². The summed E-state index contributed by atoms with van der Waals surface area (Å²) in [6.07, 6.45) is 8.02. The van der Waals surface area contributed by atoms with Crippen molar-refractivity contribution in [2.24, 2.45) is 0 Å². The molecule has 0 amide bonds. The highest BCUT2D eigenvalue weighted by molar-refractivity contribution is 5.53. The summed E-state index contributed by atoms with van der Waals surface area (Å²) in [6.45, 7) is 9.05. The van der Waals surface area contributed by atoms with E-state index in [1.807, 2.05) is 12.4 Å². The van der Waals surface area contributed by atoms with Gasteiger partial charge in [0.2, 0.25) is 0 Å². The van der Waals surface area contributed by atoms with Gasteiger partial charge in [-0.25, -0.2) is 0 Å². The summed E-state index contributed by atoms with van der Waals surface area (Å²) in [4.78, 5) is 9.53. The maximum Gasteiger partial charge on any atom is 0.0443 e. The Labute approximate surface area is 122 Å². The van der Waals surface area contributed by atoms with Gasteiger partial charge >= 0.3 is 0 Å². The number of pyridine rings is 1. The third-order valence-electron chi connectivity index (χ3n) is 4.60. The smallest absolute Gasteiger partial charge is 0.0443 e. The summed E-state index contributed by atoms with van der Waals surface area (Å²) >= 11 is 0. The van der Waals surface area contributed by atoms with Crippen LogP contribution in [0.25, 0.3) is 0 Å². The van der Waals surface area contributed by atoms with E-state index in [1.54, 1.807) is 0 Å². The van der Waals surface area contributed by atoms with Crippen LogP contribution in [0.2, 0.25) is 0 Å². The molecule has 0 bridgehead atoms. The molecule has 110 valence electrons. The molecule has 1 atom stereocenters. The van der Waals surface area contributed by atoms with Crippen molar-refractivity contribution in [1.82, 2.24) is 15.2 Å². The zero-order valence-electron chi connectivity index (χ0n) is 12.5. The molecule has 4 heteroatoms. The van der Waals surface area contributed by atoms with E-state index in [-0.39, 0.29) is 0 Å². The summed E-state index contributed by atoms with van der Waals surface area (Å²) in [5.41, 5.74) is 2.71. The van der Waals surface area contributed by atoms with Crippen LogP contribution in [0.1, 0.15) is 31.7 Å². The van der Waals surface area contributed by atoms with E-state index in [0.29, 0.717) is 0 Å². The normalized spacial score (nSPS) is 23.6. The average Bonchev–Trinajstić information content (AvgIpc) is 3.15. The molecule has 4 nitrogen and oxygen atoms in total. The van der Waals surface area contributed by atoms with Crippen LogP contribution in [-0.2, 0) is 6.54 Å². The Morgan fingerprint density at radius 2 is 2.15 bits per heavy atom. The summed E-state index contributed by atoms with van der Waals surface area (Å²) in [5, 5.41) is 3.42. The van der Waals surface area contributed by atoms with Crippen LogP contribution in [0.5, 0.6) is 0 Å². The minimum atomic E-state index is 0.762. The Morgan fingerprint density at radius 3 is 2.95 bits per heavy atom. The second kappa shape index (κ2) is 6.55. The van der Waals surface area contributed by atoms with E-state index in [9.17, 15) is 0 Å². The lowest BCUT2D eigenvalue weighted by molar-refractivity contribution is 0.260. The van der Waals surface area contributed by atoms with Crippen molar-refractivity contribution in [2.75, 3.05) is 37.6 Å². The van der Waals surface area contributed by atoms with Gasteiger partial charge in [-0.1, -0.05) is 6.92 Å². The molecule has 20 heavy (non-hydrogen) atoms. The van der Waals surface area contributed by atoms with Crippen molar-refractivity contribution < 1.29 is 0 Å². The van der Waals surface area contributed by atoms with Crippen LogP contribution < -0.4 is 10.2 Å². The average molecular weight is 274 g/mol. The van der Waals surface area contributed by atoms with E-state index in [2.05, 4.69) is 33.1 Å². The Balaban J connectivity index is 1.67. The fourth-order valence-electron chi connectivity index (χ4n) is 3.49. The van der Waals surface area contributed by atoms with Crippen molar-refractivity contribution in [1.29, 1.82) is 0 Å². The van der Waals surface area contributed by atoms with Gasteiger partial charge in [0.05, 0.1) is 0 Å². The number of nitrogens with zero attached hydrogens (tertiary/aromatic N) is 3. The molecule has 0 radical (unpaired) electrons. The number of aromatic nitrogens is 1. The Hall–Kier alpha value is -1.13. The number of hydrogen-bond acceptors (Lipinski definition) is 4. The number of nitrogens with one attached hydrogen (secondary N) is 1. The predicted molar refractivity (Wildman–Crippen MR) is 83.0 cm³/mol. The van der Waals surface area contributed by atoms with E-state index < -0.39 is 0 Å². The molecule has 2 saturated heterocycles. The third-order valence-corrected chi connectivity index (χ3v) is 4.60. The van der Waals surface area contributed by atoms with Crippen LogP contribution in [0.3, 0.4) is 0 Å². The zero-order chi connectivity index (χ0) is 13.8. The van der Waals surface area contributed by atoms with E-state index >= 15 is 0 Å². The summed E-state index contributed by atoms with van der Waals surface area (Å²) in [5.74, 6) is 0. The molecule has 0 aliphatic carbocycles. The maximum absolute atomic E-state index is 4.29. The molecule has 0 spiro atoms. The quantitative estimate of drug-likeness (QED) is 0.888. The van der Waals surface area contributed by atoms with Crippen molar-refractivity contribution >= 4 is 5.69 Å². The van der Waals surface area contributed by atoms with Crippen LogP contribution in [0.4, 0.5) is 5.69 Å². The lowest BCUT2D eigenvalue weighted by atomic mass is 10.2. The first-order chi connectivity index (χ1) is 9.88. The first-order valence-corrected chi connectivity index (χ1v) is 8.01. The molecule has 2 aliphatic heterocycles. The van der Waals surface area contributed by atoms with Gasteiger partial charge in [-0.15, -0.1) is 0 Å². The fraction of sp³-hybridized carbons (Fsp3) is 0.688. The number of anilines is 1. The molecule has 1 aromatic rings.